The van der Waals surface area contributed by atoms with Crippen molar-refractivity contribution in [2.45, 2.75) is 26.7 Å². The Bertz CT molecular complexity index is 847. The smallest absolute Gasteiger partial charge is 0.227 e. The zero-order valence-electron chi connectivity index (χ0n) is 16.1. The summed E-state index contributed by atoms with van der Waals surface area (Å²) in [5.41, 5.74) is 4.23. The Labute approximate surface area is 160 Å². The number of benzene rings is 2. The van der Waals surface area contributed by atoms with Gasteiger partial charge in [-0.25, -0.2) is 0 Å². The van der Waals surface area contributed by atoms with E-state index in [0.717, 1.165) is 34.5 Å². The van der Waals surface area contributed by atoms with Gasteiger partial charge in [-0.3, -0.25) is 9.59 Å². The number of rotatable bonds is 6. The number of anilines is 1. The summed E-state index contributed by atoms with van der Waals surface area (Å²) in [5.74, 6) is 0.459. The summed E-state index contributed by atoms with van der Waals surface area (Å²) < 4.78 is 5.22. The van der Waals surface area contributed by atoms with Crippen LogP contribution in [0.1, 0.15) is 23.1 Å². The van der Waals surface area contributed by atoms with E-state index in [2.05, 4.69) is 11.4 Å². The van der Waals surface area contributed by atoms with Crippen LogP contribution in [0.2, 0.25) is 0 Å². The maximum Gasteiger partial charge on any atom is 0.227 e. The predicted molar refractivity (Wildman–Crippen MR) is 106 cm³/mol. The van der Waals surface area contributed by atoms with E-state index in [-0.39, 0.29) is 24.2 Å². The van der Waals surface area contributed by atoms with E-state index < -0.39 is 0 Å². The van der Waals surface area contributed by atoms with Gasteiger partial charge < -0.3 is 15.0 Å². The Balaban J connectivity index is 1.55. The molecule has 2 aromatic rings. The molecule has 1 atom stereocenters. The molecule has 2 aromatic carbocycles. The number of carbonyl (C=O) groups is 2. The van der Waals surface area contributed by atoms with Gasteiger partial charge in [-0.05, 0) is 49.6 Å². The molecule has 1 aliphatic heterocycles. The zero-order valence-corrected chi connectivity index (χ0v) is 16.1. The third-order valence-electron chi connectivity index (χ3n) is 4.99. The molecule has 27 heavy (non-hydrogen) atoms. The van der Waals surface area contributed by atoms with E-state index in [4.69, 9.17) is 4.74 Å². The van der Waals surface area contributed by atoms with E-state index in [1.54, 1.807) is 12.0 Å². The summed E-state index contributed by atoms with van der Waals surface area (Å²) in [6.45, 7) is 5.01. The van der Waals surface area contributed by atoms with Gasteiger partial charge in [-0.15, -0.1) is 0 Å². The molecule has 0 aromatic heterocycles. The van der Waals surface area contributed by atoms with E-state index in [9.17, 15) is 9.59 Å². The van der Waals surface area contributed by atoms with Gasteiger partial charge in [0.05, 0.1) is 13.0 Å². The first kappa shape index (κ1) is 19.0. The molecule has 5 heteroatoms. The van der Waals surface area contributed by atoms with Crippen LogP contribution in [0.3, 0.4) is 0 Å². The van der Waals surface area contributed by atoms with Crippen LogP contribution in [-0.4, -0.2) is 32.0 Å². The van der Waals surface area contributed by atoms with Crippen molar-refractivity contribution >= 4 is 17.5 Å². The van der Waals surface area contributed by atoms with E-state index >= 15 is 0 Å². The van der Waals surface area contributed by atoms with Crippen molar-refractivity contribution in [3.05, 3.63) is 59.2 Å². The lowest BCUT2D eigenvalue weighted by molar-refractivity contribution is -0.126. The molecule has 0 saturated carbocycles. The highest BCUT2D eigenvalue weighted by Gasteiger charge is 2.35. The molecule has 0 bridgehead atoms. The second kappa shape index (κ2) is 8.25. The predicted octanol–water partition coefficient (Wildman–Crippen LogP) is 3.02. The van der Waals surface area contributed by atoms with Crippen LogP contribution in [0.25, 0.3) is 0 Å². The zero-order chi connectivity index (χ0) is 19.4. The molecule has 1 fully saturated rings. The van der Waals surface area contributed by atoms with Crippen LogP contribution in [0.4, 0.5) is 5.69 Å². The average molecular weight is 366 g/mol. The summed E-state index contributed by atoms with van der Waals surface area (Å²) in [5, 5.41) is 2.97. The van der Waals surface area contributed by atoms with Gasteiger partial charge >= 0.3 is 0 Å². The molecular weight excluding hydrogens is 340 g/mol. The number of aryl methyl sites for hydroxylation is 2. The number of amides is 2. The third-order valence-corrected chi connectivity index (χ3v) is 4.99. The van der Waals surface area contributed by atoms with Gasteiger partial charge in [0, 0.05) is 25.2 Å². The number of hydrogen-bond acceptors (Lipinski definition) is 3. The molecule has 1 heterocycles. The Kier molecular flexibility index (Phi) is 5.79. The largest absolute Gasteiger partial charge is 0.497 e. The van der Waals surface area contributed by atoms with Gasteiger partial charge in [0.2, 0.25) is 11.8 Å². The van der Waals surface area contributed by atoms with Crippen LogP contribution < -0.4 is 15.0 Å². The third kappa shape index (κ3) is 4.48. The van der Waals surface area contributed by atoms with Gasteiger partial charge in [-0.1, -0.05) is 29.8 Å². The summed E-state index contributed by atoms with van der Waals surface area (Å²) >= 11 is 0. The molecule has 0 radical (unpaired) electrons. The van der Waals surface area contributed by atoms with Crippen molar-refractivity contribution in [3.8, 4) is 5.75 Å². The standard InChI is InChI=1S/C22H26N2O3/c1-15-7-8-20(16(2)11-15)24-14-18(13-21(24)25)22(26)23-10-9-17-5-4-6-19(12-17)27-3/h4-8,11-12,18H,9-10,13-14H2,1-3H3,(H,23,26). The van der Waals surface area contributed by atoms with Crippen molar-refractivity contribution in [1.29, 1.82) is 0 Å². The van der Waals surface area contributed by atoms with Gasteiger partial charge in [0.15, 0.2) is 0 Å². The first-order chi connectivity index (χ1) is 13.0. The number of ether oxygens (including phenoxy) is 1. The van der Waals surface area contributed by atoms with Crippen LogP contribution in [0.15, 0.2) is 42.5 Å². The Morgan fingerprint density at radius 1 is 1.22 bits per heavy atom. The minimum absolute atomic E-state index is 0.00917. The highest BCUT2D eigenvalue weighted by molar-refractivity contribution is 6.00. The maximum atomic E-state index is 12.5. The van der Waals surface area contributed by atoms with E-state index in [0.29, 0.717) is 13.1 Å². The second-order valence-corrected chi connectivity index (χ2v) is 7.09. The lowest BCUT2D eigenvalue weighted by Crippen LogP contribution is -2.34. The van der Waals surface area contributed by atoms with E-state index in [1.165, 1.54) is 0 Å². The molecule has 2 amide bonds. The normalized spacial score (nSPS) is 16.5. The number of nitrogens with zero attached hydrogens (tertiary/aromatic N) is 1. The highest BCUT2D eigenvalue weighted by Crippen LogP contribution is 2.28. The quantitative estimate of drug-likeness (QED) is 0.855. The van der Waals surface area contributed by atoms with Crippen LogP contribution in [0, 0.1) is 19.8 Å². The summed E-state index contributed by atoms with van der Waals surface area (Å²) in [4.78, 5) is 26.7. The number of methoxy groups -OCH3 is 1. The Morgan fingerprint density at radius 2 is 2.04 bits per heavy atom. The molecule has 1 saturated heterocycles. The summed E-state index contributed by atoms with van der Waals surface area (Å²) in [6, 6.07) is 13.8. The molecule has 0 aliphatic carbocycles. The second-order valence-electron chi connectivity index (χ2n) is 7.09. The van der Waals surface area contributed by atoms with Crippen molar-refractivity contribution < 1.29 is 14.3 Å². The fourth-order valence-corrected chi connectivity index (χ4v) is 3.53. The molecule has 5 nitrogen and oxygen atoms in total. The lowest BCUT2D eigenvalue weighted by atomic mass is 10.1. The lowest BCUT2D eigenvalue weighted by Gasteiger charge is -2.19. The number of carbonyl (C=O) groups excluding carboxylic acids is 2. The Hall–Kier alpha value is -2.82. The fraction of sp³-hybridized carbons (Fsp3) is 0.364. The van der Waals surface area contributed by atoms with Gasteiger partial charge in [-0.2, -0.15) is 0 Å². The molecule has 1 unspecified atom stereocenters. The minimum atomic E-state index is -0.302. The van der Waals surface area contributed by atoms with Crippen molar-refractivity contribution in [1.82, 2.24) is 5.32 Å². The summed E-state index contributed by atoms with van der Waals surface area (Å²) in [6.07, 6.45) is 0.989. The van der Waals surface area contributed by atoms with Crippen LogP contribution in [0.5, 0.6) is 5.75 Å². The minimum Gasteiger partial charge on any atom is -0.497 e. The van der Waals surface area contributed by atoms with Gasteiger partial charge in [0.25, 0.3) is 0 Å². The maximum absolute atomic E-state index is 12.5. The molecule has 142 valence electrons. The van der Waals surface area contributed by atoms with Crippen molar-refractivity contribution in [2.75, 3.05) is 25.1 Å². The topological polar surface area (TPSA) is 58.6 Å². The van der Waals surface area contributed by atoms with Crippen molar-refractivity contribution in [2.24, 2.45) is 5.92 Å². The highest BCUT2D eigenvalue weighted by atomic mass is 16.5. The SMILES string of the molecule is COc1cccc(CCNC(=O)C2CC(=O)N(c3ccc(C)cc3C)C2)c1. The molecule has 1 aliphatic rings. The van der Waals surface area contributed by atoms with Crippen molar-refractivity contribution in [3.63, 3.8) is 0 Å². The monoisotopic (exact) mass is 366 g/mol. The average Bonchev–Trinajstić information content (AvgIpc) is 3.03. The van der Waals surface area contributed by atoms with Crippen LogP contribution in [-0.2, 0) is 16.0 Å². The van der Waals surface area contributed by atoms with Gasteiger partial charge in [0.1, 0.15) is 5.75 Å². The van der Waals surface area contributed by atoms with Crippen LogP contribution >= 0.6 is 0 Å². The molecule has 3 rings (SSSR count). The first-order valence-electron chi connectivity index (χ1n) is 9.26. The fourth-order valence-electron chi connectivity index (χ4n) is 3.53. The first-order valence-corrected chi connectivity index (χ1v) is 9.26. The molecular formula is C22H26N2O3. The Morgan fingerprint density at radius 3 is 2.78 bits per heavy atom. The number of hydrogen-bond donors (Lipinski definition) is 1. The molecule has 1 N–H and O–H groups in total. The molecule has 0 spiro atoms. The van der Waals surface area contributed by atoms with E-state index in [1.807, 2.05) is 50.2 Å². The summed E-state index contributed by atoms with van der Waals surface area (Å²) in [7, 11) is 1.64. The number of nitrogens with one attached hydrogen (secondary N) is 1.